The predicted molar refractivity (Wildman–Crippen MR) is 131 cm³/mol. The summed E-state index contributed by atoms with van der Waals surface area (Å²) >= 11 is 2.84. The maximum atomic E-state index is 11.4. The van der Waals surface area contributed by atoms with E-state index in [9.17, 15) is 9.59 Å². The van der Waals surface area contributed by atoms with Gasteiger partial charge in [-0.05, 0) is 83.7 Å². The number of ether oxygens (including phenoxy) is 1. The molecule has 2 saturated carbocycles. The molecular formula is C25H25LiO6S2. The number of carbonyl (C=O) groups excluding carboxylic acids is 1. The molecule has 2 aromatic heterocycles. The number of rotatable bonds is 4. The van der Waals surface area contributed by atoms with Crippen molar-refractivity contribution in [3.05, 3.63) is 69.4 Å². The second-order valence-corrected chi connectivity index (χ2v) is 10.3. The number of carbonyl (C=O) groups is 2. The van der Waals surface area contributed by atoms with Gasteiger partial charge in [-0.25, -0.2) is 9.59 Å². The Kier molecular flexibility index (Phi) is 9.49. The van der Waals surface area contributed by atoms with Gasteiger partial charge in [0.05, 0.1) is 7.11 Å². The van der Waals surface area contributed by atoms with E-state index in [-0.39, 0.29) is 35.8 Å². The number of methoxy groups -OCH3 is 1. The van der Waals surface area contributed by atoms with Crippen LogP contribution < -0.4 is 18.9 Å². The summed E-state index contributed by atoms with van der Waals surface area (Å²) in [5.74, 6) is 0.409. The molecule has 0 atom stereocenters. The molecule has 0 spiro atoms. The van der Waals surface area contributed by atoms with Gasteiger partial charge in [-0.3, -0.25) is 0 Å². The van der Waals surface area contributed by atoms with Crippen molar-refractivity contribution in [3.8, 4) is 0 Å². The molecule has 0 amide bonds. The van der Waals surface area contributed by atoms with Crippen molar-refractivity contribution in [1.82, 2.24) is 0 Å². The largest absolute Gasteiger partial charge is 1.00 e. The molecule has 0 aliphatic heterocycles. The molecule has 2 heterocycles. The summed E-state index contributed by atoms with van der Waals surface area (Å²) in [6.07, 6.45) is 5.17. The Morgan fingerprint density at radius 1 is 0.824 bits per heavy atom. The minimum absolute atomic E-state index is 0. The minimum Gasteiger partial charge on any atom is -0.870 e. The zero-order valence-electron chi connectivity index (χ0n) is 19.0. The van der Waals surface area contributed by atoms with Crippen LogP contribution in [-0.2, 0) is 4.74 Å². The molecule has 2 fully saturated rings. The average molecular weight is 493 g/mol. The van der Waals surface area contributed by atoms with Crippen LogP contribution in [-0.4, -0.2) is 35.1 Å². The zero-order valence-corrected chi connectivity index (χ0v) is 20.7. The molecule has 2 aliphatic carbocycles. The van der Waals surface area contributed by atoms with Gasteiger partial charge in [-0.15, -0.1) is 22.7 Å². The monoisotopic (exact) mass is 492 g/mol. The van der Waals surface area contributed by atoms with Crippen LogP contribution in [0.1, 0.15) is 68.0 Å². The quantitative estimate of drug-likeness (QED) is 0.346. The van der Waals surface area contributed by atoms with E-state index >= 15 is 0 Å². The summed E-state index contributed by atoms with van der Waals surface area (Å²) in [7, 11) is 1.42. The fraction of sp³-hybridized carbons (Fsp3) is 0.280. The predicted octanol–water partition coefficient (Wildman–Crippen LogP) is 3.04. The van der Waals surface area contributed by atoms with E-state index in [0.717, 1.165) is 32.0 Å². The van der Waals surface area contributed by atoms with E-state index in [0.29, 0.717) is 9.75 Å². The summed E-state index contributed by atoms with van der Waals surface area (Å²) in [4.78, 5) is 23.3. The molecule has 4 aromatic rings. The van der Waals surface area contributed by atoms with Gasteiger partial charge >= 0.3 is 30.8 Å². The molecule has 9 heteroatoms. The van der Waals surface area contributed by atoms with Crippen molar-refractivity contribution in [3.63, 3.8) is 0 Å². The normalized spacial score (nSPS) is 14.1. The number of carboxylic acids is 1. The summed E-state index contributed by atoms with van der Waals surface area (Å²) in [5.41, 5.74) is 2.76. The number of carboxylic acid groups (broad SMARTS) is 1. The fourth-order valence-corrected chi connectivity index (χ4v) is 5.61. The Labute approximate surface area is 217 Å². The molecule has 0 bridgehead atoms. The van der Waals surface area contributed by atoms with Crippen molar-refractivity contribution in [1.29, 1.82) is 0 Å². The SMILES string of the molecule is COC(=O)c1cc2cc(C3CC3)ccc2s1.O.O=C(O)c1cc2cc(C3CC3)ccc2s1.[Li+].[OH-]. The van der Waals surface area contributed by atoms with E-state index in [1.165, 1.54) is 66.6 Å². The van der Waals surface area contributed by atoms with Crippen LogP contribution in [0.2, 0.25) is 0 Å². The first kappa shape index (κ1) is 28.1. The van der Waals surface area contributed by atoms with Gasteiger partial charge in [-0.2, -0.15) is 0 Å². The third-order valence-electron chi connectivity index (χ3n) is 5.78. The molecule has 0 saturated heterocycles. The van der Waals surface area contributed by atoms with Gasteiger partial charge in [0.15, 0.2) is 0 Å². The van der Waals surface area contributed by atoms with Crippen molar-refractivity contribution in [2.24, 2.45) is 0 Å². The third-order valence-corrected chi connectivity index (χ3v) is 7.98. The third kappa shape index (κ3) is 6.08. The van der Waals surface area contributed by atoms with Crippen LogP contribution in [0, 0.1) is 0 Å². The molecule has 174 valence electrons. The molecule has 0 radical (unpaired) electrons. The van der Waals surface area contributed by atoms with Crippen LogP contribution in [0.3, 0.4) is 0 Å². The van der Waals surface area contributed by atoms with Crippen LogP contribution in [0.4, 0.5) is 0 Å². The van der Waals surface area contributed by atoms with E-state index in [2.05, 4.69) is 30.3 Å². The summed E-state index contributed by atoms with van der Waals surface area (Å²) in [5, 5.41) is 11.1. The molecule has 4 N–H and O–H groups in total. The van der Waals surface area contributed by atoms with Gasteiger partial charge < -0.3 is 20.8 Å². The second kappa shape index (κ2) is 11.5. The van der Waals surface area contributed by atoms with E-state index in [4.69, 9.17) is 9.84 Å². The number of hydrogen-bond donors (Lipinski definition) is 1. The second-order valence-electron chi connectivity index (χ2n) is 8.16. The number of esters is 1. The van der Waals surface area contributed by atoms with Crippen LogP contribution in [0.25, 0.3) is 20.2 Å². The van der Waals surface area contributed by atoms with Crippen LogP contribution >= 0.6 is 22.7 Å². The zero-order chi connectivity index (χ0) is 21.5. The van der Waals surface area contributed by atoms with Gasteiger partial charge in [-0.1, -0.05) is 24.3 Å². The Morgan fingerprint density at radius 3 is 1.68 bits per heavy atom. The number of thiophene rings is 2. The number of fused-ring (bicyclic) bond motifs is 2. The van der Waals surface area contributed by atoms with Gasteiger partial charge in [0, 0.05) is 9.40 Å². The topological polar surface area (TPSA) is 125 Å². The maximum Gasteiger partial charge on any atom is 1.00 e. The summed E-state index contributed by atoms with van der Waals surface area (Å²) in [6.45, 7) is 0. The number of aromatic carboxylic acids is 1. The van der Waals surface area contributed by atoms with E-state index in [1.54, 1.807) is 6.07 Å². The fourth-order valence-electron chi connectivity index (χ4n) is 3.77. The molecule has 6 nitrogen and oxygen atoms in total. The molecule has 2 aliphatic rings. The number of hydrogen-bond acceptors (Lipinski definition) is 6. The Balaban J connectivity index is 0.000000221. The Hall–Kier alpha value is -2.18. The van der Waals surface area contributed by atoms with Gasteiger partial charge in [0.2, 0.25) is 0 Å². The Morgan fingerprint density at radius 2 is 1.26 bits per heavy atom. The van der Waals surface area contributed by atoms with Crippen molar-refractivity contribution < 1.29 is 49.2 Å². The average Bonchev–Trinajstić information content (AvgIpc) is 3.71. The molecule has 34 heavy (non-hydrogen) atoms. The first-order valence-corrected chi connectivity index (χ1v) is 12.0. The van der Waals surface area contributed by atoms with Crippen molar-refractivity contribution in [2.75, 3.05) is 7.11 Å². The van der Waals surface area contributed by atoms with Crippen LogP contribution in [0.5, 0.6) is 0 Å². The van der Waals surface area contributed by atoms with Gasteiger partial charge in [0.25, 0.3) is 0 Å². The number of benzene rings is 2. The first-order valence-electron chi connectivity index (χ1n) is 10.4. The van der Waals surface area contributed by atoms with Crippen LogP contribution in [0.15, 0.2) is 48.5 Å². The molecule has 6 rings (SSSR count). The van der Waals surface area contributed by atoms with Crippen molar-refractivity contribution in [2.45, 2.75) is 37.5 Å². The first-order chi connectivity index (χ1) is 15.0. The van der Waals surface area contributed by atoms with E-state index < -0.39 is 5.97 Å². The summed E-state index contributed by atoms with van der Waals surface area (Å²) < 4.78 is 6.95. The molecule has 0 unspecified atom stereocenters. The maximum absolute atomic E-state index is 11.4. The minimum atomic E-state index is -0.829. The molecule has 2 aromatic carbocycles. The molecular weight excluding hydrogens is 467 g/mol. The summed E-state index contributed by atoms with van der Waals surface area (Å²) in [6, 6.07) is 16.5. The Bertz CT molecular complexity index is 1300. The smallest absolute Gasteiger partial charge is 0.870 e. The van der Waals surface area contributed by atoms with E-state index in [1.807, 2.05) is 12.1 Å². The van der Waals surface area contributed by atoms with Crippen molar-refractivity contribution >= 4 is 54.8 Å². The standard InChI is InChI=1S/C13H12O2S.C12H10O2S.Li.2H2O/c1-15-13(14)12-7-10-6-9(8-2-3-8)4-5-11(10)16-12;13-12(14)11-6-9-5-8(7-1-2-7)3-4-10(9)15-11;;;/h4-8H,2-3H2,1H3;3-7H,1-2H2,(H,13,14);;2*1H2/q;;+1;;/p-1. The van der Waals surface area contributed by atoms with Gasteiger partial charge in [0.1, 0.15) is 9.75 Å².